The smallest absolute Gasteiger partial charge is 0.321 e. The maximum absolute atomic E-state index is 11.2. The van der Waals surface area contributed by atoms with Gasteiger partial charge in [0.2, 0.25) is 0 Å². The van der Waals surface area contributed by atoms with Crippen molar-refractivity contribution in [3.05, 3.63) is 0 Å². The van der Waals surface area contributed by atoms with Crippen LogP contribution in [-0.2, 0) is 4.79 Å². The van der Waals surface area contributed by atoms with E-state index < -0.39 is 12.0 Å². The first-order valence-corrected chi connectivity index (χ1v) is 6.50. The van der Waals surface area contributed by atoms with Gasteiger partial charge in [0.25, 0.3) is 0 Å². The molecule has 15 heavy (non-hydrogen) atoms. The Bertz CT molecular complexity index is 233. The summed E-state index contributed by atoms with van der Waals surface area (Å²) in [6, 6.07) is -0.118. The molecule has 1 fully saturated rings. The molecule has 0 aromatic heterocycles. The van der Waals surface area contributed by atoms with Gasteiger partial charge in [0, 0.05) is 16.5 Å². The monoisotopic (exact) mass is 231 g/mol. The van der Waals surface area contributed by atoms with E-state index in [1.165, 1.54) is 0 Å². The van der Waals surface area contributed by atoms with Gasteiger partial charge in [-0.3, -0.25) is 4.79 Å². The molecule has 0 aliphatic carbocycles. The summed E-state index contributed by atoms with van der Waals surface area (Å²) in [7, 11) is 0. The average molecular weight is 231 g/mol. The Morgan fingerprint density at radius 1 is 1.47 bits per heavy atom. The molecule has 2 N–H and O–H groups in total. The molecule has 0 spiro atoms. The van der Waals surface area contributed by atoms with Gasteiger partial charge in [-0.1, -0.05) is 20.8 Å². The Kier molecular flexibility index (Phi) is 4.46. The van der Waals surface area contributed by atoms with Crippen LogP contribution in [0, 0.1) is 5.92 Å². The Labute approximate surface area is 96.0 Å². The fourth-order valence-corrected chi connectivity index (χ4v) is 3.73. The molecule has 1 aliphatic heterocycles. The molecule has 0 radical (unpaired) electrons. The van der Waals surface area contributed by atoms with Crippen LogP contribution in [0.25, 0.3) is 0 Å². The average Bonchev–Trinajstić information content (AvgIpc) is 2.23. The van der Waals surface area contributed by atoms with Crippen LogP contribution in [0.2, 0.25) is 0 Å². The Morgan fingerprint density at radius 2 is 2.07 bits per heavy atom. The second-order valence-corrected chi connectivity index (χ2v) is 6.40. The molecule has 0 bridgehead atoms. The summed E-state index contributed by atoms with van der Waals surface area (Å²) in [5, 5.41) is 13.1. The highest BCUT2D eigenvalue weighted by Gasteiger charge is 2.35. The Balaban J connectivity index is 2.83. The van der Waals surface area contributed by atoms with E-state index in [1.54, 1.807) is 0 Å². The van der Waals surface area contributed by atoms with Crippen molar-refractivity contribution in [3.8, 4) is 0 Å². The molecule has 1 saturated heterocycles. The van der Waals surface area contributed by atoms with E-state index in [2.05, 4.69) is 33.0 Å². The van der Waals surface area contributed by atoms with Crippen LogP contribution in [0.1, 0.15) is 34.1 Å². The van der Waals surface area contributed by atoms with Gasteiger partial charge in [0.15, 0.2) is 0 Å². The van der Waals surface area contributed by atoms with Crippen molar-refractivity contribution in [3.63, 3.8) is 0 Å². The molecular weight excluding hydrogens is 210 g/mol. The maximum atomic E-state index is 11.2. The Hall–Kier alpha value is -0.220. The highest BCUT2D eigenvalue weighted by atomic mass is 32.2. The lowest BCUT2D eigenvalue weighted by Gasteiger charge is -2.26. The number of hydrogen-bond acceptors (Lipinski definition) is 3. The number of hydrogen-bond donors (Lipinski definition) is 2. The molecule has 0 aromatic carbocycles. The van der Waals surface area contributed by atoms with Crippen LogP contribution in [0.5, 0.6) is 0 Å². The number of thioether (sulfide) groups is 1. The van der Waals surface area contributed by atoms with Gasteiger partial charge in [-0.05, 0) is 19.3 Å². The minimum absolute atomic E-state index is 0.169. The van der Waals surface area contributed by atoms with E-state index in [4.69, 9.17) is 0 Å². The standard InChI is InChI=1S/C11H21NO2S/c1-6(2)10-9(11(13)14)12-7(3)5-8(4)15-10/h6-10,12H,5H2,1-4H3,(H,13,14). The lowest BCUT2D eigenvalue weighted by atomic mass is 10.0. The van der Waals surface area contributed by atoms with Gasteiger partial charge in [0.1, 0.15) is 6.04 Å². The van der Waals surface area contributed by atoms with E-state index in [9.17, 15) is 9.90 Å². The van der Waals surface area contributed by atoms with Crippen molar-refractivity contribution in [2.75, 3.05) is 0 Å². The van der Waals surface area contributed by atoms with Crippen LogP contribution in [-0.4, -0.2) is 33.7 Å². The summed E-state index contributed by atoms with van der Waals surface area (Å²) in [5.41, 5.74) is 0. The van der Waals surface area contributed by atoms with Gasteiger partial charge in [-0.15, -0.1) is 0 Å². The van der Waals surface area contributed by atoms with Crippen molar-refractivity contribution in [2.45, 2.75) is 56.7 Å². The first kappa shape index (κ1) is 12.8. The SMILES string of the molecule is CC1CC(C)SC(C(C)C)C(C(=O)O)N1. The minimum Gasteiger partial charge on any atom is -0.480 e. The third-order valence-corrected chi connectivity index (χ3v) is 4.58. The molecule has 3 nitrogen and oxygen atoms in total. The maximum Gasteiger partial charge on any atom is 0.321 e. The van der Waals surface area contributed by atoms with Gasteiger partial charge in [0.05, 0.1) is 0 Å². The quantitative estimate of drug-likeness (QED) is 0.763. The zero-order valence-electron chi connectivity index (χ0n) is 9.86. The molecule has 0 amide bonds. The van der Waals surface area contributed by atoms with Crippen molar-refractivity contribution in [1.82, 2.24) is 5.32 Å². The normalized spacial score (nSPS) is 37.7. The number of rotatable bonds is 2. The molecule has 4 heteroatoms. The Morgan fingerprint density at radius 3 is 2.53 bits per heavy atom. The van der Waals surface area contributed by atoms with E-state index in [1.807, 2.05) is 11.8 Å². The summed E-state index contributed by atoms with van der Waals surface area (Å²) >= 11 is 1.81. The predicted molar refractivity (Wildman–Crippen MR) is 64.3 cm³/mol. The van der Waals surface area contributed by atoms with Gasteiger partial charge in [-0.2, -0.15) is 11.8 Å². The first-order valence-electron chi connectivity index (χ1n) is 5.56. The second-order valence-electron chi connectivity index (χ2n) is 4.77. The van der Waals surface area contributed by atoms with Crippen molar-refractivity contribution in [2.24, 2.45) is 5.92 Å². The van der Waals surface area contributed by atoms with Crippen LogP contribution in [0.3, 0.4) is 0 Å². The van der Waals surface area contributed by atoms with Gasteiger partial charge < -0.3 is 10.4 Å². The number of aliphatic carboxylic acids is 1. The minimum atomic E-state index is -0.720. The zero-order valence-corrected chi connectivity index (χ0v) is 10.7. The van der Waals surface area contributed by atoms with Crippen LogP contribution >= 0.6 is 11.8 Å². The number of carboxylic acid groups (broad SMARTS) is 1. The molecule has 0 aromatic rings. The van der Waals surface area contributed by atoms with Crippen molar-refractivity contribution in [1.29, 1.82) is 0 Å². The molecule has 1 heterocycles. The molecule has 0 saturated carbocycles. The summed E-state index contributed by atoms with van der Waals surface area (Å²) in [5.74, 6) is -0.335. The summed E-state index contributed by atoms with van der Waals surface area (Å²) in [6.07, 6.45) is 1.04. The molecule has 88 valence electrons. The van der Waals surface area contributed by atoms with Crippen LogP contribution in [0.4, 0.5) is 0 Å². The van der Waals surface area contributed by atoms with Crippen molar-refractivity contribution >= 4 is 17.7 Å². The fraction of sp³-hybridized carbons (Fsp3) is 0.909. The van der Waals surface area contributed by atoms with Crippen molar-refractivity contribution < 1.29 is 9.90 Å². The topological polar surface area (TPSA) is 49.3 Å². The first-order chi connectivity index (χ1) is 6.91. The molecule has 1 rings (SSSR count). The molecule has 4 atom stereocenters. The number of carboxylic acids is 1. The highest BCUT2D eigenvalue weighted by molar-refractivity contribution is 8.00. The summed E-state index contributed by atoms with van der Waals surface area (Å²) in [4.78, 5) is 11.2. The predicted octanol–water partition coefficient (Wildman–Crippen LogP) is 1.97. The lowest BCUT2D eigenvalue weighted by molar-refractivity contribution is -0.139. The molecule has 4 unspecified atom stereocenters. The van der Waals surface area contributed by atoms with Crippen LogP contribution in [0.15, 0.2) is 0 Å². The van der Waals surface area contributed by atoms with Gasteiger partial charge in [-0.25, -0.2) is 0 Å². The molecular formula is C11H21NO2S. The third kappa shape index (κ3) is 3.38. The fourth-order valence-electron chi connectivity index (χ4n) is 2.12. The van der Waals surface area contributed by atoms with E-state index in [-0.39, 0.29) is 11.3 Å². The van der Waals surface area contributed by atoms with E-state index in [0.29, 0.717) is 11.2 Å². The largest absolute Gasteiger partial charge is 0.480 e. The number of nitrogens with one attached hydrogen (secondary N) is 1. The van der Waals surface area contributed by atoms with E-state index in [0.717, 1.165) is 6.42 Å². The summed E-state index contributed by atoms with van der Waals surface area (Å²) in [6.45, 7) is 8.44. The third-order valence-electron chi connectivity index (χ3n) is 2.79. The second kappa shape index (κ2) is 5.21. The van der Waals surface area contributed by atoms with Crippen LogP contribution < -0.4 is 5.32 Å². The van der Waals surface area contributed by atoms with E-state index >= 15 is 0 Å². The lowest BCUT2D eigenvalue weighted by Crippen LogP contribution is -2.48. The highest BCUT2D eigenvalue weighted by Crippen LogP contribution is 2.32. The summed E-state index contributed by atoms with van der Waals surface area (Å²) < 4.78 is 0. The zero-order chi connectivity index (χ0) is 11.6. The molecule has 1 aliphatic rings. The van der Waals surface area contributed by atoms with Gasteiger partial charge >= 0.3 is 5.97 Å². The number of carbonyl (C=O) groups is 1.